The number of hydrogen-bond donors (Lipinski definition) is 2. The van der Waals surface area contributed by atoms with Crippen LogP contribution < -0.4 is 5.32 Å². The maximum Gasteiger partial charge on any atom is 0.411 e. The lowest BCUT2D eigenvalue weighted by Gasteiger charge is -2.24. The fourth-order valence-corrected chi connectivity index (χ4v) is 0.939. The van der Waals surface area contributed by atoms with E-state index >= 15 is 0 Å². The molecule has 0 aliphatic carbocycles. The van der Waals surface area contributed by atoms with Gasteiger partial charge in [0.1, 0.15) is 12.1 Å². The van der Waals surface area contributed by atoms with Gasteiger partial charge >= 0.3 is 12.1 Å². The molecule has 0 radical (unpaired) electrons. The van der Waals surface area contributed by atoms with E-state index in [4.69, 9.17) is 5.11 Å². The number of halogens is 3. The molecule has 0 rings (SSSR count). The van der Waals surface area contributed by atoms with Gasteiger partial charge in [-0.2, -0.15) is 13.2 Å². The summed E-state index contributed by atoms with van der Waals surface area (Å²) in [5.41, 5.74) is -1.12. The molecular formula is C9H16F3NO3. The number of carboxylic acid groups (broad SMARTS) is 1. The monoisotopic (exact) mass is 243 g/mol. The van der Waals surface area contributed by atoms with Crippen molar-refractivity contribution in [2.75, 3.05) is 19.8 Å². The number of nitrogens with one attached hydrogen (secondary N) is 1. The Labute approximate surface area is 91.8 Å². The highest BCUT2D eigenvalue weighted by Crippen LogP contribution is 2.14. The van der Waals surface area contributed by atoms with Crippen molar-refractivity contribution in [2.45, 2.75) is 32.0 Å². The van der Waals surface area contributed by atoms with E-state index in [0.29, 0.717) is 6.42 Å². The Bertz CT molecular complexity index is 233. The fourth-order valence-electron chi connectivity index (χ4n) is 0.939. The van der Waals surface area contributed by atoms with Crippen LogP contribution in [0, 0.1) is 0 Å². The Morgan fingerprint density at radius 3 is 2.38 bits per heavy atom. The quantitative estimate of drug-likeness (QED) is 0.664. The average molecular weight is 243 g/mol. The molecule has 0 amide bonds. The molecule has 0 spiro atoms. The van der Waals surface area contributed by atoms with Crippen molar-refractivity contribution in [1.82, 2.24) is 5.32 Å². The Morgan fingerprint density at radius 2 is 2.00 bits per heavy atom. The smallest absolute Gasteiger partial charge is 0.411 e. The summed E-state index contributed by atoms with van der Waals surface area (Å²) >= 11 is 0. The predicted octanol–water partition coefficient (Wildman–Crippen LogP) is 1.41. The largest absolute Gasteiger partial charge is 0.480 e. The highest BCUT2D eigenvalue weighted by atomic mass is 19.4. The van der Waals surface area contributed by atoms with Crippen LogP contribution in [0.5, 0.6) is 0 Å². The van der Waals surface area contributed by atoms with Crippen LogP contribution >= 0.6 is 0 Å². The van der Waals surface area contributed by atoms with Crippen LogP contribution in [0.4, 0.5) is 13.2 Å². The first kappa shape index (κ1) is 15.2. The first-order chi connectivity index (χ1) is 7.21. The molecule has 0 aromatic heterocycles. The Kier molecular flexibility index (Phi) is 5.74. The number of carboxylic acids is 1. The third-order valence-electron chi connectivity index (χ3n) is 2.21. The van der Waals surface area contributed by atoms with Gasteiger partial charge in [0.05, 0.1) is 6.61 Å². The molecule has 2 N–H and O–H groups in total. The zero-order valence-electron chi connectivity index (χ0n) is 9.23. The van der Waals surface area contributed by atoms with Crippen LogP contribution in [0.15, 0.2) is 0 Å². The summed E-state index contributed by atoms with van der Waals surface area (Å²) < 4.78 is 39.4. The van der Waals surface area contributed by atoms with Crippen molar-refractivity contribution in [2.24, 2.45) is 0 Å². The summed E-state index contributed by atoms with van der Waals surface area (Å²) in [6, 6.07) is 0. The number of alkyl halides is 3. The molecular weight excluding hydrogens is 227 g/mol. The Hall–Kier alpha value is -0.820. The first-order valence-electron chi connectivity index (χ1n) is 4.84. The van der Waals surface area contributed by atoms with Crippen molar-refractivity contribution in [1.29, 1.82) is 0 Å². The normalized spacial score (nSPS) is 15.8. The second-order valence-corrected chi connectivity index (χ2v) is 3.59. The second-order valence-electron chi connectivity index (χ2n) is 3.59. The van der Waals surface area contributed by atoms with Crippen LogP contribution in [-0.4, -0.2) is 42.5 Å². The molecule has 0 saturated heterocycles. The van der Waals surface area contributed by atoms with Crippen molar-refractivity contribution in [3.05, 3.63) is 0 Å². The molecule has 1 atom stereocenters. The van der Waals surface area contributed by atoms with Gasteiger partial charge in [-0.25, -0.2) is 0 Å². The predicted molar refractivity (Wildman–Crippen MR) is 51.2 cm³/mol. The third kappa shape index (κ3) is 5.92. The number of rotatable bonds is 7. The van der Waals surface area contributed by atoms with Crippen LogP contribution in [0.25, 0.3) is 0 Å². The molecule has 16 heavy (non-hydrogen) atoms. The van der Waals surface area contributed by atoms with Gasteiger partial charge in [-0.1, -0.05) is 6.92 Å². The lowest BCUT2D eigenvalue weighted by molar-refractivity contribution is -0.173. The Balaban J connectivity index is 3.77. The first-order valence-corrected chi connectivity index (χ1v) is 4.84. The van der Waals surface area contributed by atoms with Crippen LogP contribution in [0.3, 0.4) is 0 Å². The highest BCUT2D eigenvalue weighted by Gasteiger charge is 2.30. The van der Waals surface area contributed by atoms with E-state index in [2.05, 4.69) is 10.1 Å². The van der Waals surface area contributed by atoms with E-state index in [0.717, 1.165) is 0 Å². The highest BCUT2D eigenvalue weighted by molar-refractivity contribution is 5.78. The molecule has 0 aliphatic rings. The molecule has 1 unspecified atom stereocenters. The van der Waals surface area contributed by atoms with Crippen LogP contribution in [-0.2, 0) is 9.53 Å². The van der Waals surface area contributed by atoms with E-state index < -0.39 is 24.3 Å². The average Bonchev–Trinajstić information content (AvgIpc) is 2.14. The minimum atomic E-state index is -4.35. The zero-order valence-corrected chi connectivity index (χ0v) is 9.23. The summed E-state index contributed by atoms with van der Waals surface area (Å²) in [5, 5.41) is 11.5. The number of ether oxygens (including phenoxy) is 1. The van der Waals surface area contributed by atoms with Gasteiger partial charge in [0, 0.05) is 6.54 Å². The Morgan fingerprint density at radius 1 is 1.44 bits per heavy atom. The summed E-state index contributed by atoms with van der Waals surface area (Å²) in [6.45, 7) is 1.72. The molecule has 96 valence electrons. The maximum atomic E-state index is 11.7. The number of hydrogen-bond acceptors (Lipinski definition) is 3. The van der Waals surface area contributed by atoms with E-state index in [9.17, 15) is 18.0 Å². The molecule has 4 nitrogen and oxygen atoms in total. The number of carbonyl (C=O) groups is 1. The standard InChI is InChI=1S/C9H16F3NO3/c1-3-8(2,7(14)15)13-4-5-16-6-9(10,11)12/h13H,3-6H2,1-2H3,(H,14,15). The zero-order chi connectivity index (χ0) is 12.8. The van der Waals surface area contributed by atoms with Gasteiger partial charge in [-0.15, -0.1) is 0 Å². The lowest BCUT2D eigenvalue weighted by Crippen LogP contribution is -2.50. The van der Waals surface area contributed by atoms with Crippen LogP contribution in [0.2, 0.25) is 0 Å². The van der Waals surface area contributed by atoms with Gasteiger partial charge < -0.3 is 9.84 Å². The van der Waals surface area contributed by atoms with Gasteiger partial charge in [-0.3, -0.25) is 10.1 Å². The van der Waals surface area contributed by atoms with Gasteiger partial charge in [0.25, 0.3) is 0 Å². The van der Waals surface area contributed by atoms with Crippen molar-refractivity contribution >= 4 is 5.97 Å². The molecule has 7 heteroatoms. The summed E-state index contributed by atoms with van der Waals surface area (Å²) in [5.74, 6) is -1.04. The third-order valence-corrected chi connectivity index (χ3v) is 2.21. The van der Waals surface area contributed by atoms with Gasteiger partial charge in [-0.05, 0) is 13.3 Å². The van der Waals surface area contributed by atoms with Crippen molar-refractivity contribution in [3.63, 3.8) is 0 Å². The molecule has 0 saturated carbocycles. The van der Waals surface area contributed by atoms with E-state index in [1.807, 2.05) is 0 Å². The molecule has 0 heterocycles. The van der Waals surface area contributed by atoms with E-state index in [1.54, 1.807) is 6.92 Å². The SMILES string of the molecule is CCC(C)(NCCOCC(F)(F)F)C(=O)O. The summed E-state index contributed by atoms with van der Waals surface area (Å²) in [7, 11) is 0. The lowest BCUT2D eigenvalue weighted by atomic mass is 9.99. The van der Waals surface area contributed by atoms with Gasteiger partial charge in [0.2, 0.25) is 0 Å². The second kappa shape index (κ2) is 6.05. The fraction of sp³-hybridized carbons (Fsp3) is 0.889. The summed E-state index contributed by atoms with van der Waals surface area (Å²) in [4.78, 5) is 10.8. The minimum Gasteiger partial charge on any atom is -0.480 e. The van der Waals surface area contributed by atoms with Crippen molar-refractivity contribution < 1.29 is 27.8 Å². The molecule has 0 bridgehead atoms. The van der Waals surface area contributed by atoms with E-state index in [1.165, 1.54) is 6.92 Å². The topological polar surface area (TPSA) is 58.6 Å². The number of aliphatic carboxylic acids is 1. The molecule has 0 aromatic carbocycles. The van der Waals surface area contributed by atoms with Gasteiger partial charge in [0.15, 0.2) is 0 Å². The molecule has 0 aliphatic heterocycles. The molecule has 0 fully saturated rings. The van der Waals surface area contributed by atoms with E-state index in [-0.39, 0.29) is 13.2 Å². The molecule has 0 aromatic rings. The van der Waals surface area contributed by atoms with Crippen molar-refractivity contribution in [3.8, 4) is 0 Å². The minimum absolute atomic E-state index is 0.0622. The van der Waals surface area contributed by atoms with Crippen LogP contribution in [0.1, 0.15) is 20.3 Å². The summed E-state index contributed by atoms with van der Waals surface area (Å²) in [6.07, 6.45) is -4.01. The maximum absolute atomic E-state index is 11.7.